The molecule has 0 aliphatic heterocycles. The fraction of sp³-hybridized carbons (Fsp3) is 0.583. The minimum Gasteiger partial charge on any atom is -0.383 e. The SMILES string of the molecule is COCCN(C)CCNc1ncccc1C(F)(F)F. The first kappa shape index (κ1) is 15.7. The van der Waals surface area contributed by atoms with E-state index in [1.807, 2.05) is 11.9 Å². The van der Waals surface area contributed by atoms with Gasteiger partial charge in [-0.1, -0.05) is 0 Å². The molecule has 0 fully saturated rings. The lowest BCUT2D eigenvalue weighted by molar-refractivity contribution is -0.137. The van der Waals surface area contributed by atoms with E-state index in [9.17, 15) is 13.2 Å². The van der Waals surface area contributed by atoms with Gasteiger partial charge < -0.3 is 15.0 Å². The van der Waals surface area contributed by atoms with Crippen LogP contribution < -0.4 is 5.32 Å². The highest BCUT2D eigenvalue weighted by Gasteiger charge is 2.33. The largest absolute Gasteiger partial charge is 0.419 e. The van der Waals surface area contributed by atoms with Crippen molar-refractivity contribution >= 4 is 5.82 Å². The molecule has 108 valence electrons. The average Bonchev–Trinajstić information content (AvgIpc) is 2.35. The van der Waals surface area contributed by atoms with Crippen molar-refractivity contribution in [1.82, 2.24) is 9.88 Å². The number of alkyl halides is 3. The maximum absolute atomic E-state index is 12.7. The van der Waals surface area contributed by atoms with Gasteiger partial charge in [-0.05, 0) is 19.2 Å². The molecule has 19 heavy (non-hydrogen) atoms. The molecule has 0 amide bonds. The Hall–Kier alpha value is -1.34. The summed E-state index contributed by atoms with van der Waals surface area (Å²) in [5.74, 6) is -0.129. The first-order valence-electron chi connectivity index (χ1n) is 5.88. The molecule has 1 aromatic heterocycles. The van der Waals surface area contributed by atoms with Crippen LogP contribution in [0.25, 0.3) is 0 Å². The number of rotatable bonds is 7. The maximum Gasteiger partial charge on any atom is 0.419 e. The number of methoxy groups -OCH3 is 1. The summed E-state index contributed by atoms with van der Waals surface area (Å²) in [6.07, 6.45) is -3.05. The molecule has 1 aromatic rings. The lowest BCUT2D eigenvalue weighted by Gasteiger charge is -2.18. The summed E-state index contributed by atoms with van der Waals surface area (Å²) in [6, 6.07) is 2.29. The minimum absolute atomic E-state index is 0.129. The Morgan fingerprint density at radius 2 is 2.11 bits per heavy atom. The number of nitrogens with zero attached hydrogens (tertiary/aromatic N) is 2. The molecule has 1 heterocycles. The summed E-state index contributed by atoms with van der Waals surface area (Å²) >= 11 is 0. The summed E-state index contributed by atoms with van der Waals surface area (Å²) in [5.41, 5.74) is -0.741. The Bertz CT molecular complexity index is 385. The summed E-state index contributed by atoms with van der Waals surface area (Å²) in [6.45, 7) is 2.32. The number of hydrogen-bond donors (Lipinski definition) is 1. The van der Waals surface area contributed by atoms with Crippen LogP contribution in [-0.4, -0.2) is 50.3 Å². The van der Waals surface area contributed by atoms with E-state index >= 15 is 0 Å². The van der Waals surface area contributed by atoms with Crippen LogP contribution in [0, 0.1) is 0 Å². The molecular formula is C12H18F3N3O. The molecule has 0 spiro atoms. The van der Waals surface area contributed by atoms with E-state index < -0.39 is 11.7 Å². The molecule has 0 atom stereocenters. The van der Waals surface area contributed by atoms with Gasteiger partial charge >= 0.3 is 6.18 Å². The molecule has 4 nitrogen and oxygen atoms in total. The maximum atomic E-state index is 12.7. The summed E-state index contributed by atoms with van der Waals surface area (Å²) in [4.78, 5) is 5.69. The minimum atomic E-state index is -4.39. The van der Waals surface area contributed by atoms with Gasteiger partial charge in [-0.3, -0.25) is 0 Å². The van der Waals surface area contributed by atoms with Gasteiger partial charge in [0.1, 0.15) is 5.82 Å². The van der Waals surface area contributed by atoms with Crippen molar-refractivity contribution in [2.75, 3.05) is 45.7 Å². The molecule has 7 heteroatoms. The van der Waals surface area contributed by atoms with Crippen molar-refractivity contribution in [2.45, 2.75) is 6.18 Å². The predicted molar refractivity (Wildman–Crippen MR) is 67.1 cm³/mol. The van der Waals surface area contributed by atoms with Crippen LogP contribution in [0.4, 0.5) is 19.0 Å². The van der Waals surface area contributed by atoms with E-state index in [0.29, 0.717) is 19.7 Å². The van der Waals surface area contributed by atoms with Crippen molar-refractivity contribution in [1.29, 1.82) is 0 Å². The Morgan fingerprint density at radius 3 is 2.74 bits per heavy atom. The molecule has 1 N–H and O–H groups in total. The standard InChI is InChI=1S/C12H18F3N3O/c1-18(8-9-19-2)7-6-17-11-10(12(13,14)15)4-3-5-16-11/h3-5H,6-9H2,1-2H3,(H,16,17). The van der Waals surface area contributed by atoms with E-state index in [0.717, 1.165) is 12.6 Å². The highest BCUT2D eigenvalue weighted by Crippen LogP contribution is 2.33. The van der Waals surface area contributed by atoms with Crippen molar-refractivity contribution in [3.8, 4) is 0 Å². The number of anilines is 1. The lowest BCUT2D eigenvalue weighted by atomic mass is 10.2. The van der Waals surface area contributed by atoms with Crippen LogP contribution in [0.2, 0.25) is 0 Å². The van der Waals surface area contributed by atoms with Crippen molar-refractivity contribution in [3.63, 3.8) is 0 Å². The predicted octanol–water partition coefficient (Wildman–Crippen LogP) is 2.09. The summed E-state index contributed by atoms with van der Waals surface area (Å²) in [5, 5.41) is 2.71. The topological polar surface area (TPSA) is 37.4 Å². The molecule has 0 saturated carbocycles. The Kier molecular flexibility index (Phi) is 6.04. The number of pyridine rings is 1. The summed E-state index contributed by atoms with van der Waals surface area (Å²) in [7, 11) is 3.49. The molecule has 0 radical (unpaired) electrons. The molecule has 0 aliphatic carbocycles. The van der Waals surface area contributed by atoms with E-state index in [1.165, 1.54) is 12.3 Å². The van der Waals surface area contributed by atoms with Crippen LogP contribution in [0.3, 0.4) is 0 Å². The van der Waals surface area contributed by atoms with Crippen LogP contribution in [0.1, 0.15) is 5.56 Å². The van der Waals surface area contributed by atoms with E-state index in [4.69, 9.17) is 4.74 Å². The zero-order valence-electron chi connectivity index (χ0n) is 11.0. The molecule has 0 bridgehead atoms. The number of ether oxygens (including phenoxy) is 1. The third-order valence-corrected chi connectivity index (χ3v) is 2.58. The lowest BCUT2D eigenvalue weighted by Crippen LogP contribution is -2.28. The van der Waals surface area contributed by atoms with Gasteiger partial charge in [0.25, 0.3) is 0 Å². The van der Waals surface area contributed by atoms with Gasteiger partial charge in [-0.25, -0.2) is 4.98 Å². The number of nitrogens with one attached hydrogen (secondary N) is 1. The average molecular weight is 277 g/mol. The van der Waals surface area contributed by atoms with Crippen molar-refractivity contribution in [3.05, 3.63) is 23.9 Å². The van der Waals surface area contributed by atoms with E-state index in [-0.39, 0.29) is 5.82 Å². The highest BCUT2D eigenvalue weighted by molar-refractivity contribution is 5.45. The highest BCUT2D eigenvalue weighted by atomic mass is 19.4. The van der Waals surface area contributed by atoms with Gasteiger partial charge in [0, 0.05) is 32.9 Å². The zero-order valence-corrected chi connectivity index (χ0v) is 11.0. The van der Waals surface area contributed by atoms with Crippen LogP contribution >= 0.6 is 0 Å². The van der Waals surface area contributed by atoms with Gasteiger partial charge in [-0.2, -0.15) is 13.2 Å². The normalized spacial score (nSPS) is 11.9. The van der Waals surface area contributed by atoms with Gasteiger partial charge in [-0.15, -0.1) is 0 Å². The second-order valence-electron chi connectivity index (χ2n) is 4.12. The monoisotopic (exact) mass is 277 g/mol. The van der Waals surface area contributed by atoms with Gasteiger partial charge in [0.15, 0.2) is 0 Å². The van der Waals surface area contributed by atoms with Crippen LogP contribution in [-0.2, 0) is 10.9 Å². The Labute approximate surface area is 110 Å². The molecule has 1 rings (SSSR count). The third-order valence-electron chi connectivity index (χ3n) is 2.58. The number of hydrogen-bond acceptors (Lipinski definition) is 4. The molecular weight excluding hydrogens is 259 g/mol. The molecule has 0 unspecified atom stereocenters. The Balaban J connectivity index is 2.50. The second kappa shape index (κ2) is 7.30. The van der Waals surface area contributed by atoms with Crippen molar-refractivity contribution < 1.29 is 17.9 Å². The van der Waals surface area contributed by atoms with Crippen molar-refractivity contribution in [2.24, 2.45) is 0 Å². The molecule has 0 saturated heterocycles. The fourth-order valence-corrected chi connectivity index (χ4v) is 1.50. The smallest absolute Gasteiger partial charge is 0.383 e. The summed E-state index contributed by atoms with van der Waals surface area (Å²) < 4.78 is 43.0. The third kappa shape index (κ3) is 5.44. The number of halogens is 3. The fourth-order valence-electron chi connectivity index (χ4n) is 1.50. The Morgan fingerprint density at radius 1 is 1.37 bits per heavy atom. The quantitative estimate of drug-likeness (QED) is 0.828. The second-order valence-corrected chi connectivity index (χ2v) is 4.12. The molecule has 0 aliphatic rings. The van der Waals surface area contributed by atoms with E-state index in [2.05, 4.69) is 10.3 Å². The molecule has 0 aromatic carbocycles. The van der Waals surface area contributed by atoms with E-state index in [1.54, 1.807) is 7.11 Å². The van der Waals surface area contributed by atoms with Crippen LogP contribution in [0.5, 0.6) is 0 Å². The number of likely N-dealkylation sites (N-methyl/N-ethyl adjacent to an activating group) is 1. The van der Waals surface area contributed by atoms with Crippen LogP contribution in [0.15, 0.2) is 18.3 Å². The van der Waals surface area contributed by atoms with Gasteiger partial charge in [0.2, 0.25) is 0 Å². The number of aromatic nitrogens is 1. The first-order chi connectivity index (χ1) is 8.95. The first-order valence-corrected chi connectivity index (χ1v) is 5.88. The van der Waals surface area contributed by atoms with Gasteiger partial charge in [0.05, 0.1) is 12.2 Å². The zero-order chi connectivity index (χ0) is 14.3.